The number of carbonyl (C=O) groups is 3. The Bertz CT molecular complexity index is 1250. The second-order valence-electron chi connectivity index (χ2n) is 12.1. The highest BCUT2D eigenvalue weighted by Gasteiger charge is 2.97. The summed E-state index contributed by atoms with van der Waals surface area (Å²) in [6, 6.07) is 1.75. The van der Waals surface area contributed by atoms with Crippen LogP contribution >= 0.6 is 0 Å². The van der Waals surface area contributed by atoms with Crippen LogP contribution in [0.3, 0.4) is 0 Å². The van der Waals surface area contributed by atoms with E-state index in [2.05, 4.69) is 0 Å². The van der Waals surface area contributed by atoms with E-state index in [1.165, 1.54) is 12.3 Å². The highest BCUT2D eigenvalue weighted by Crippen LogP contribution is 2.83. The predicted octanol–water partition coefficient (Wildman–Crippen LogP) is 2.38. The van der Waals surface area contributed by atoms with E-state index in [4.69, 9.17) is 23.4 Å². The number of epoxide rings is 1. The van der Waals surface area contributed by atoms with Gasteiger partial charge in [0.2, 0.25) is 17.2 Å². The summed E-state index contributed by atoms with van der Waals surface area (Å²) >= 11 is 0. The number of rotatable bonds is 1. The van der Waals surface area contributed by atoms with E-state index in [-0.39, 0.29) is 0 Å². The second kappa shape index (κ2) is 5.58. The number of hydrogen-bond donors (Lipinski definition) is 1. The maximum atomic E-state index is 14.4. The van der Waals surface area contributed by atoms with E-state index >= 15 is 0 Å². The average Bonchev–Trinajstić information content (AvgIpc) is 3.31. The normalized spacial score (nSPS) is 54.7. The Kier molecular flexibility index (Phi) is 3.47. The Hall–Kier alpha value is -2.49. The van der Waals surface area contributed by atoms with Gasteiger partial charge in [0.25, 0.3) is 0 Å². The molecule has 186 valence electrons. The van der Waals surface area contributed by atoms with Crippen molar-refractivity contribution in [2.24, 2.45) is 22.2 Å². The van der Waals surface area contributed by atoms with Crippen LogP contribution in [-0.2, 0) is 33.3 Å². The van der Waals surface area contributed by atoms with Crippen molar-refractivity contribution < 1.29 is 42.9 Å². The van der Waals surface area contributed by atoms with Gasteiger partial charge in [-0.3, -0.25) is 4.79 Å². The fourth-order valence-electron chi connectivity index (χ4n) is 9.27. The SMILES string of the molecule is CC1(C)OC2(O)C(=O)C13OC(=O)C=CC3(C)C1CCC3(C)C(c4ccoc4)OC(=O)C4OC43C12C. The van der Waals surface area contributed by atoms with Gasteiger partial charge in [0.1, 0.15) is 17.3 Å². The number of ketones is 1. The van der Waals surface area contributed by atoms with Crippen molar-refractivity contribution in [3.8, 4) is 0 Å². The van der Waals surface area contributed by atoms with Gasteiger partial charge in [-0.25, -0.2) is 9.59 Å². The third kappa shape index (κ3) is 1.80. The molecule has 1 aromatic heterocycles. The zero-order valence-corrected chi connectivity index (χ0v) is 20.2. The lowest BCUT2D eigenvalue weighted by molar-refractivity contribution is -0.317. The number of aliphatic hydroxyl groups is 1. The molecule has 0 aromatic carbocycles. The summed E-state index contributed by atoms with van der Waals surface area (Å²) in [7, 11) is 0. The number of furan rings is 1. The van der Waals surface area contributed by atoms with Crippen LogP contribution < -0.4 is 0 Å². The Labute approximate surface area is 201 Å². The van der Waals surface area contributed by atoms with E-state index in [1.807, 2.05) is 13.8 Å². The standard InChI is InChI=1S/C26H28O9/c1-20(2)25-19(29)26(30,35-20)23(5)14(21(25,3)10-7-15(27)33-25)6-9-22(4)16(13-8-11-31-12-13)32-18(28)17-24(22,23)34-17/h7-8,10-12,14,16-17,30H,6,9H2,1-5H3. The molecule has 4 aliphatic heterocycles. The summed E-state index contributed by atoms with van der Waals surface area (Å²) in [5.41, 5.74) is -6.81. The van der Waals surface area contributed by atoms with Crippen LogP contribution in [0.2, 0.25) is 0 Å². The first-order chi connectivity index (χ1) is 16.3. The van der Waals surface area contributed by atoms with Gasteiger partial charge in [0.15, 0.2) is 6.10 Å². The van der Waals surface area contributed by atoms with Gasteiger partial charge in [-0.15, -0.1) is 0 Å². The predicted molar refractivity (Wildman–Crippen MR) is 115 cm³/mol. The molecule has 9 heteroatoms. The number of ether oxygens (including phenoxy) is 4. The summed E-state index contributed by atoms with van der Waals surface area (Å²) in [5, 5.41) is 12.3. The molecule has 35 heavy (non-hydrogen) atoms. The minimum Gasteiger partial charge on any atom is -0.472 e. The first kappa shape index (κ1) is 21.8. The fourth-order valence-corrected chi connectivity index (χ4v) is 9.27. The molecular formula is C26H28O9. The second-order valence-corrected chi connectivity index (χ2v) is 12.1. The zero-order chi connectivity index (χ0) is 25.0. The molecule has 9 atom stereocenters. The van der Waals surface area contributed by atoms with Gasteiger partial charge in [-0.2, -0.15) is 0 Å². The number of hydrogen-bond acceptors (Lipinski definition) is 9. The summed E-state index contributed by atoms with van der Waals surface area (Å²) in [6.07, 6.45) is 5.61. The van der Waals surface area contributed by atoms with Gasteiger partial charge in [0.05, 0.1) is 17.9 Å². The number of cyclic esters (lactones) is 1. The maximum absolute atomic E-state index is 14.4. The molecule has 2 spiro atoms. The molecule has 1 aromatic rings. The minimum absolute atomic E-state index is 0.419. The Morgan fingerprint density at radius 1 is 1.06 bits per heavy atom. The van der Waals surface area contributed by atoms with Crippen molar-refractivity contribution in [1.82, 2.24) is 0 Å². The molecule has 2 saturated carbocycles. The van der Waals surface area contributed by atoms with Crippen LogP contribution in [0.15, 0.2) is 35.2 Å². The number of carbonyl (C=O) groups excluding carboxylic acids is 3. The van der Waals surface area contributed by atoms with Crippen molar-refractivity contribution >= 4 is 17.7 Å². The first-order valence-corrected chi connectivity index (χ1v) is 12.1. The monoisotopic (exact) mass is 484 g/mol. The third-order valence-electron chi connectivity index (χ3n) is 10.6. The quantitative estimate of drug-likeness (QED) is 0.472. The van der Waals surface area contributed by atoms with Crippen LogP contribution in [0.5, 0.6) is 0 Å². The van der Waals surface area contributed by atoms with Gasteiger partial charge in [0, 0.05) is 22.5 Å². The lowest BCUT2D eigenvalue weighted by Gasteiger charge is -2.67. The van der Waals surface area contributed by atoms with Gasteiger partial charge >= 0.3 is 11.9 Å². The van der Waals surface area contributed by atoms with Gasteiger partial charge in [-0.1, -0.05) is 26.8 Å². The Morgan fingerprint density at radius 3 is 2.49 bits per heavy atom. The van der Waals surface area contributed by atoms with E-state index in [0.29, 0.717) is 18.4 Å². The van der Waals surface area contributed by atoms with E-state index in [1.54, 1.807) is 39.2 Å². The molecule has 0 radical (unpaired) electrons. The summed E-state index contributed by atoms with van der Waals surface area (Å²) < 4.78 is 29.7. The van der Waals surface area contributed by atoms with E-state index in [9.17, 15) is 19.5 Å². The van der Waals surface area contributed by atoms with Crippen LogP contribution in [-0.4, -0.2) is 51.5 Å². The molecule has 1 N–H and O–H groups in total. The molecule has 9 nitrogen and oxygen atoms in total. The summed E-state index contributed by atoms with van der Waals surface area (Å²) in [6.45, 7) is 8.99. The van der Waals surface area contributed by atoms with Crippen LogP contribution in [0.4, 0.5) is 0 Å². The highest BCUT2D eigenvalue weighted by molar-refractivity contribution is 6.04. The topological polar surface area (TPSA) is 125 Å². The lowest BCUT2D eigenvalue weighted by atomic mass is 9.36. The molecule has 7 rings (SSSR count). The van der Waals surface area contributed by atoms with Crippen LogP contribution in [0, 0.1) is 22.2 Å². The van der Waals surface area contributed by atoms with E-state index < -0.39 is 74.7 Å². The van der Waals surface area contributed by atoms with Crippen LogP contribution in [0.1, 0.15) is 59.1 Å². The molecule has 5 fully saturated rings. The largest absolute Gasteiger partial charge is 0.472 e. The molecule has 2 aliphatic carbocycles. The fraction of sp³-hybridized carbons (Fsp3) is 0.654. The molecule has 0 amide bonds. The third-order valence-corrected chi connectivity index (χ3v) is 10.6. The van der Waals surface area contributed by atoms with Gasteiger partial charge < -0.3 is 28.5 Å². The summed E-state index contributed by atoms with van der Waals surface area (Å²) in [5.74, 6) is -4.68. The smallest absolute Gasteiger partial charge is 0.339 e. The van der Waals surface area contributed by atoms with E-state index in [0.717, 1.165) is 0 Å². The molecule has 5 heterocycles. The van der Waals surface area contributed by atoms with Crippen molar-refractivity contribution in [3.63, 3.8) is 0 Å². The van der Waals surface area contributed by atoms with Gasteiger partial charge in [-0.05, 0) is 38.7 Å². The number of esters is 2. The lowest BCUT2D eigenvalue weighted by Crippen LogP contribution is -2.81. The maximum Gasteiger partial charge on any atom is 0.339 e. The highest BCUT2D eigenvalue weighted by atomic mass is 16.7. The van der Waals surface area contributed by atoms with Crippen molar-refractivity contribution in [3.05, 3.63) is 36.3 Å². The van der Waals surface area contributed by atoms with Crippen molar-refractivity contribution in [2.45, 2.75) is 82.3 Å². The zero-order valence-electron chi connectivity index (χ0n) is 20.2. The Morgan fingerprint density at radius 2 is 1.80 bits per heavy atom. The first-order valence-electron chi connectivity index (χ1n) is 12.1. The van der Waals surface area contributed by atoms with Crippen LogP contribution in [0.25, 0.3) is 0 Å². The van der Waals surface area contributed by atoms with Crippen molar-refractivity contribution in [1.29, 1.82) is 0 Å². The summed E-state index contributed by atoms with van der Waals surface area (Å²) in [4.78, 5) is 40.0. The average molecular weight is 485 g/mol. The Balaban J connectivity index is 1.52. The van der Waals surface area contributed by atoms with Crippen molar-refractivity contribution in [2.75, 3.05) is 0 Å². The number of Topliss-reactive ketones (excluding diaryl/α,β-unsaturated/α-hetero) is 1. The number of fused-ring (bicyclic) bond motifs is 4. The molecular weight excluding hydrogens is 456 g/mol. The molecule has 9 unspecified atom stereocenters. The molecule has 3 saturated heterocycles. The molecule has 2 bridgehead atoms. The minimum atomic E-state index is -2.36. The molecule has 6 aliphatic rings.